The van der Waals surface area contributed by atoms with E-state index in [4.69, 9.17) is 14.5 Å². The fourth-order valence-electron chi connectivity index (χ4n) is 3.99. The number of aromatic nitrogens is 2. The summed E-state index contributed by atoms with van der Waals surface area (Å²) in [5, 5.41) is 5.58. The first-order valence-electron chi connectivity index (χ1n) is 11.9. The zero-order chi connectivity index (χ0) is 24.3. The van der Waals surface area contributed by atoms with Gasteiger partial charge in [0.25, 0.3) is 0 Å². The summed E-state index contributed by atoms with van der Waals surface area (Å²) in [5.74, 6) is 1.36. The van der Waals surface area contributed by atoms with Crippen LogP contribution in [0.1, 0.15) is 52.8 Å². The van der Waals surface area contributed by atoms with Crippen molar-refractivity contribution >= 4 is 27.2 Å². The van der Waals surface area contributed by atoms with Gasteiger partial charge in [-0.25, -0.2) is 9.97 Å². The molecule has 6 nitrogen and oxygen atoms in total. The number of hydrogen-bond donors (Lipinski definition) is 1. The van der Waals surface area contributed by atoms with Crippen LogP contribution >= 0.6 is 11.3 Å². The van der Waals surface area contributed by atoms with Gasteiger partial charge in [0.1, 0.15) is 16.4 Å². The van der Waals surface area contributed by atoms with Gasteiger partial charge >= 0.3 is 0 Å². The molecule has 3 heterocycles. The average molecular weight is 481 g/mol. The molecular formula is C27H36N4O2S. The summed E-state index contributed by atoms with van der Waals surface area (Å²) in [5.41, 5.74) is 3.18. The third kappa shape index (κ3) is 6.07. The van der Waals surface area contributed by atoms with E-state index in [1.54, 1.807) is 17.5 Å². The molecular weight excluding hydrogens is 444 g/mol. The zero-order valence-corrected chi connectivity index (χ0v) is 22.0. The van der Waals surface area contributed by atoms with E-state index in [1.165, 1.54) is 5.00 Å². The molecule has 1 aliphatic heterocycles. The van der Waals surface area contributed by atoms with Crippen LogP contribution in [-0.2, 0) is 16.6 Å². The van der Waals surface area contributed by atoms with E-state index in [0.717, 1.165) is 60.5 Å². The Kier molecular flexibility index (Phi) is 7.14. The van der Waals surface area contributed by atoms with Gasteiger partial charge in [-0.1, -0.05) is 71.1 Å². The first-order valence-corrected chi connectivity index (χ1v) is 12.7. The molecule has 1 aromatic carbocycles. The summed E-state index contributed by atoms with van der Waals surface area (Å²) in [7, 11) is 0. The molecule has 182 valence electrons. The van der Waals surface area contributed by atoms with Crippen LogP contribution in [0.4, 0.5) is 15.8 Å². The molecule has 34 heavy (non-hydrogen) atoms. The van der Waals surface area contributed by atoms with Gasteiger partial charge in [0.15, 0.2) is 5.13 Å². The number of benzene rings is 1. The van der Waals surface area contributed by atoms with Crippen molar-refractivity contribution < 1.29 is 9.47 Å². The van der Waals surface area contributed by atoms with E-state index in [-0.39, 0.29) is 10.8 Å². The number of pyridine rings is 1. The quantitative estimate of drug-likeness (QED) is 0.419. The van der Waals surface area contributed by atoms with Crippen LogP contribution in [0.5, 0.6) is 11.6 Å². The summed E-state index contributed by atoms with van der Waals surface area (Å²) < 4.78 is 11.9. The number of para-hydroxylation sites is 1. The van der Waals surface area contributed by atoms with Gasteiger partial charge in [-0.3, -0.25) is 0 Å². The minimum Gasteiger partial charge on any atom is -0.437 e. The SMILES string of the molecule is CC(C)(C)Cc1nc(Nc2cccnc2Oc2ccccc2C(C)(C)C)sc1N1CCOCC1. The van der Waals surface area contributed by atoms with Crippen molar-refractivity contribution in [2.45, 2.75) is 53.4 Å². The molecule has 1 saturated heterocycles. The molecule has 0 atom stereocenters. The third-order valence-electron chi connectivity index (χ3n) is 5.59. The van der Waals surface area contributed by atoms with Crippen molar-refractivity contribution in [2.75, 3.05) is 36.5 Å². The largest absolute Gasteiger partial charge is 0.437 e. The van der Waals surface area contributed by atoms with Gasteiger partial charge in [-0.2, -0.15) is 0 Å². The van der Waals surface area contributed by atoms with Crippen molar-refractivity contribution in [3.63, 3.8) is 0 Å². The van der Waals surface area contributed by atoms with Crippen LogP contribution in [0.25, 0.3) is 0 Å². The average Bonchev–Trinajstić information content (AvgIpc) is 3.16. The Morgan fingerprint density at radius 2 is 1.76 bits per heavy atom. The summed E-state index contributed by atoms with van der Waals surface area (Å²) in [6, 6.07) is 12.1. The predicted octanol–water partition coefficient (Wildman–Crippen LogP) is 6.80. The second kappa shape index (κ2) is 9.92. The highest BCUT2D eigenvalue weighted by Crippen LogP contribution is 2.40. The lowest BCUT2D eigenvalue weighted by atomic mass is 9.86. The number of ether oxygens (including phenoxy) is 2. The highest BCUT2D eigenvalue weighted by Gasteiger charge is 2.24. The lowest BCUT2D eigenvalue weighted by Gasteiger charge is -2.29. The molecule has 1 fully saturated rings. The molecule has 2 aromatic heterocycles. The fraction of sp³-hybridized carbons (Fsp3) is 0.481. The van der Waals surface area contributed by atoms with Crippen LogP contribution in [0.3, 0.4) is 0 Å². The summed E-state index contributed by atoms with van der Waals surface area (Å²) >= 11 is 1.69. The van der Waals surface area contributed by atoms with Crippen molar-refractivity contribution in [1.82, 2.24) is 9.97 Å². The van der Waals surface area contributed by atoms with Gasteiger partial charge in [0.05, 0.1) is 18.9 Å². The van der Waals surface area contributed by atoms with Crippen molar-refractivity contribution in [1.29, 1.82) is 0 Å². The molecule has 3 aromatic rings. The Balaban J connectivity index is 1.63. The highest BCUT2D eigenvalue weighted by atomic mass is 32.1. The molecule has 0 spiro atoms. The molecule has 1 aliphatic rings. The first kappa shape index (κ1) is 24.5. The monoisotopic (exact) mass is 480 g/mol. The third-order valence-corrected chi connectivity index (χ3v) is 6.66. The van der Waals surface area contributed by atoms with E-state index >= 15 is 0 Å². The second-order valence-corrected chi connectivity index (χ2v) is 11.9. The molecule has 7 heteroatoms. The van der Waals surface area contributed by atoms with Crippen LogP contribution in [-0.4, -0.2) is 36.3 Å². The van der Waals surface area contributed by atoms with Gasteiger partial charge in [-0.15, -0.1) is 0 Å². The highest BCUT2D eigenvalue weighted by molar-refractivity contribution is 7.19. The van der Waals surface area contributed by atoms with Gasteiger partial charge in [-0.05, 0) is 35.4 Å². The minimum absolute atomic E-state index is 0.0385. The minimum atomic E-state index is -0.0385. The van der Waals surface area contributed by atoms with Crippen LogP contribution in [0, 0.1) is 5.41 Å². The Hall–Kier alpha value is -2.64. The lowest BCUT2D eigenvalue weighted by Crippen LogP contribution is -2.36. The number of rotatable bonds is 6. The summed E-state index contributed by atoms with van der Waals surface area (Å²) in [6.07, 6.45) is 2.67. The predicted molar refractivity (Wildman–Crippen MR) is 141 cm³/mol. The molecule has 0 radical (unpaired) electrons. The normalized spacial score (nSPS) is 14.8. The number of hydrogen-bond acceptors (Lipinski definition) is 7. The van der Waals surface area contributed by atoms with Crippen molar-refractivity contribution in [2.24, 2.45) is 5.41 Å². The molecule has 1 N–H and O–H groups in total. The molecule has 0 bridgehead atoms. The fourth-order valence-corrected chi connectivity index (χ4v) is 5.04. The molecule has 0 saturated carbocycles. The van der Waals surface area contributed by atoms with Crippen LogP contribution in [0.15, 0.2) is 42.6 Å². The van der Waals surface area contributed by atoms with Crippen LogP contribution < -0.4 is 15.0 Å². The van der Waals surface area contributed by atoms with E-state index < -0.39 is 0 Å². The molecule has 4 rings (SSSR count). The van der Waals surface area contributed by atoms with Gasteiger partial charge in [0, 0.05) is 24.8 Å². The Labute approximate surface area is 207 Å². The Morgan fingerprint density at radius 1 is 1.03 bits per heavy atom. The van der Waals surface area contributed by atoms with Crippen molar-refractivity contribution in [3.8, 4) is 11.6 Å². The first-order chi connectivity index (χ1) is 16.1. The van der Waals surface area contributed by atoms with E-state index in [9.17, 15) is 0 Å². The van der Waals surface area contributed by atoms with Gasteiger partial charge in [0.2, 0.25) is 5.88 Å². The maximum atomic E-state index is 6.35. The number of morpholine rings is 1. The smallest absolute Gasteiger partial charge is 0.243 e. The Morgan fingerprint density at radius 3 is 2.47 bits per heavy atom. The zero-order valence-electron chi connectivity index (χ0n) is 21.1. The second-order valence-electron chi connectivity index (χ2n) is 10.9. The summed E-state index contributed by atoms with van der Waals surface area (Å²) in [4.78, 5) is 11.9. The van der Waals surface area contributed by atoms with Crippen LogP contribution in [0.2, 0.25) is 0 Å². The topological polar surface area (TPSA) is 59.5 Å². The lowest BCUT2D eigenvalue weighted by molar-refractivity contribution is 0.123. The standard InChI is InChI=1S/C27H36N4O2S/c1-26(2,3)18-21-24(31-14-16-32-17-15-31)34-25(30-21)29-20-11-9-13-28-23(20)33-22-12-8-7-10-19(22)27(4,5)6/h7-13H,14-18H2,1-6H3,(H,29,30). The van der Waals surface area contributed by atoms with E-state index in [1.807, 2.05) is 30.3 Å². The van der Waals surface area contributed by atoms with Crippen molar-refractivity contribution in [3.05, 3.63) is 53.9 Å². The maximum absolute atomic E-state index is 6.35. The molecule has 0 amide bonds. The maximum Gasteiger partial charge on any atom is 0.243 e. The number of nitrogens with one attached hydrogen (secondary N) is 1. The number of thiazole rings is 1. The summed E-state index contributed by atoms with van der Waals surface area (Å²) in [6.45, 7) is 16.6. The molecule has 0 aliphatic carbocycles. The van der Waals surface area contributed by atoms with E-state index in [0.29, 0.717) is 5.88 Å². The number of nitrogens with zero attached hydrogens (tertiary/aromatic N) is 3. The number of anilines is 3. The Bertz CT molecular complexity index is 1110. The molecule has 0 unspecified atom stereocenters. The van der Waals surface area contributed by atoms with Gasteiger partial charge < -0.3 is 19.7 Å². The van der Waals surface area contributed by atoms with E-state index in [2.05, 4.69) is 62.8 Å².